The lowest BCUT2D eigenvalue weighted by molar-refractivity contribution is 0.302. The molecule has 2 aliphatic carbocycles. The molecular weight excluding hydrogens is 424 g/mol. The Morgan fingerprint density at radius 3 is 2.40 bits per heavy atom. The molecule has 188 valence electrons. The second-order valence-electron chi connectivity index (χ2n) is 11.8. The second kappa shape index (κ2) is 11.8. The van der Waals surface area contributed by atoms with Crippen molar-refractivity contribution in [3.05, 3.63) is 71.4 Å². The Balaban J connectivity index is 1.41. The number of aromatic nitrogens is 1. The van der Waals surface area contributed by atoms with Crippen LogP contribution in [0.3, 0.4) is 0 Å². The number of nitrogens with two attached hydrogens (primary N) is 1. The van der Waals surface area contributed by atoms with Gasteiger partial charge in [-0.25, -0.2) is 0 Å². The fourth-order valence-electron chi connectivity index (χ4n) is 7.00. The Bertz CT molecular complexity index is 1060. The third-order valence-corrected chi connectivity index (χ3v) is 9.07. The summed E-state index contributed by atoms with van der Waals surface area (Å²) < 4.78 is 2.62. The molecule has 5 rings (SSSR count). The van der Waals surface area contributed by atoms with Crippen LogP contribution in [0.2, 0.25) is 0 Å². The molecule has 0 bridgehead atoms. The van der Waals surface area contributed by atoms with Crippen LogP contribution in [0.15, 0.2) is 54.7 Å². The highest BCUT2D eigenvalue weighted by atomic mass is 15.0. The van der Waals surface area contributed by atoms with Crippen LogP contribution in [-0.2, 0) is 6.54 Å². The van der Waals surface area contributed by atoms with E-state index in [1.807, 2.05) is 0 Å². The third kappa shape index (κ3) is 6.20. The predicted octanol–water partition coefficient (Wildman–Crippen LogP) is 8.74. The van der Waals surface area contributed by atoms with E-state index < -0.39 is 0 Å². The zero-order chi connectivity index (χ0) is 24.0. The summed E-state index contributed by atoms with van der Waals surface area (Å²) in [6.07, 6.45) is 20.0. The summed E-state index contributed by atoms with van der Waals surface area (Å²) in [6, 6.07) is 18.9. The number of aryl methyl sites for hydroxylation is 1. The lowest BCUT2D eigenvalue weighted by Crippen LogP contribution is -2.26. The van der Waals surface area contributed by atoms with Gasteiger partial charge in [0.05, 0.1) is 0 Å². The van der Waals surface area contributed by atoms with Gasteiger partial charge in [-0.05, 0) is 80.9 Å². The van der Waals surface area contributed by atoms with Crippen LogP contribution >= 0.6 is 0 Å². The van der Waals surface area contributed by atoms with Crippen LogP contribution in [0, 0.1) is 18.8 Å². The average molecular weight is 471 g/mol. The summed E-state index contributed by atoms with van der Waals surface area (Å²) in [5.74, 6) is 2.18. The lowest BCUT2D eigenvalue weighted by Gasteiger charge is -2.26. The topological polar surface area (TPSA) is 30.9 Å². The molecule has 2 fully saturated rings. The summed E-state index contributed by atoms with van der Waals surface area (Å²) in [5.41, 5.74) is 12.0. The normalized spacial score (nSPS) is 22.8. The van der Waals surface area contributed by atoms with Gasteiger partial charge in [0.1, 0.15) is 0 Å². The summed E-state index contributed by atoms with van der Waals surface area (Å²) in [4.78, 5) is 0. The van der Waals surface area contributed by atoms with Crippen molar-refractivity contribution in [2.24, 2.45) is 17.6 Å². The standard InChI is InChI=1S/C33H46N2/c1-25-10-8-14-28(22-25)30(16-9-13-26-18-20-29(34)21-19-26)32-24-35(33-17-7-6-15-31(32)33)23-27-11-4-2-3-5-12-27/h6-8,10,14-15,17,22,24,26-27,29-30H,2-5,9,11-13,16,18-21,23,34H2,1H3. The molecule has 2 heteroatoms. The molecule has 2 aromatic carbocycles. The number of rotatable bonds is 8. The number of nitrogens with zero attached hydrogens (tertiary/aromatic N) is 1. The molecule has 0 radical (unpaired) electrons. The van der Waals surface area contributed by atoms with Crippen molar-refractivity contribution in [3.8, 4) is 0 Å². The first-order valence-corrected chi connectivity index (χ1v) is 14.6. The third-order valence-electron chi connectivity index (χ3n) is 9.07. The fourth-order valence-corrected chi connectivity index (χ4v) is 7.00. The number of hydrogen-bond acceptors (Lipinski definition) is 1. The molecule has 2 aliphatic rings. The van der Waals surface area contributed by atoms with E-state index in [2.05, 4.69) is 66.2 Å². The van der Waals surface area contributed by atoms with E-state index in [1.54, 1.807) is 5.56 Å². The van der Waals surface area contributed by atoms with Gasteiger partial charge in [-0.1, -0.05) is 86.6 Å². The molecule has 1 unspecified atom stereocenters. The maximum atomic E-state index is 6.17. The molecule has 3 aromatic rings. The summed E-state index contributed by atoms with van der Waals surface area (Å²) >= 11 is 0. The molecule has 0 saturated heterocycles. The van der Waals surface area contributed by atoms with Crippen molar-refractivity contribution in [1.82, 2.24) is 4.57 Å². The smallest absolute Gasteiger partial charge is 0.0483 e. The summed E-state index contributed by atoms with van der Waals surface area (Å²) in [5, 5.41) is 1.47. The number of hydrogen-bond donors (Lipinski definition) is 1. The molecule has 1 aromatic heterocycles. The van der Waals surface area contributed by atoms with Gasteiger partial charge in [0.2, 0.25) is 0 Å². The van der Waals surface area contributed by atoms with Crippen molar-refractivity contribution in [3.63, 3.8) is 0 Å². The van der Waals surface area contributed by atoms with Crippen LogP contribution in [0.25, 0.3) is 10.9 Å². The number of benzene rings is 2. The molecule has 0 amide bonds. The first-order chi connectivity index (χ1) is 17.2. The van der Waals surface area contributed by atoms with Crippen molar-refractivity contribution in [2.45, 2.75) is 109 Å². The molecule has 1 heterocycles. The van der Waals surface area contributed by atoms with Gasteiger partial charge in [0, 0.05) is 35.6 Å². The molecule has 0 spiro atoms. The second-order valence-corrected chi connectivity index (χ2v) is 11.8. The van der Waals surface area contributed by atoms with Crippen molar-refractivity contribution in [2.75, 3.05) is 0 Å². The highest BCUT2D eigenvalue weighted by Crippen LogP contribution is 2.38. The zero-order valence-corrected chi connectivity index (χ0v) is 21.9. The van der Waals surface area contributed by atoms with Crippen LogP contribution in [0.4, 0.5) is 0 Å². The quantitative estimate of drug-likeness (QED) is 0.328. The van der Waals surface area contributed by atoms with Gasteiger partial charge in [0.25, 0.3) is 0 Å². The summed E-state index contributed by atoms with van der Waals surface area (Å²) in [6.45, 7) is 3.42. The molecule has 35 heavy (non-hydrogen) atoms. The van der Waals surface area contributed by atoms with Crippen molar-refractivity contribution < 1.29 is 0 Å². The molecule has 2 saturated carbocycles. The molecule has 1 atom stereocenters. The fraction of sp³-hybridized carbons (Fsp3) is 0.576. The van der Waals surface area contributed by atoms with Crippen LogP contribution < -0.4 is 5.73 Å². The van der Waals surface area contributed by atoms with Gasteiger partial charge in [-0.2, -0.15) is 0 Å². The Hall–Kier alpha value is -2.06. The van der Waals surface area contributed by atoms with Crippen LogP contribution in [0.1, 0.15) is 106 Å². The summed E-state index contributed by atoms with van der Waals surface area (Å²) in [7, 11) is 0. The minimum absolute atomic E-state index is 0.450. The van der Waals surface area contributed by atoms with E-state index in [-0.39, 0.29) is 0 Å². The van der Waals surface area contributed by atoms with E-state index in [9.17, 15) is 0 Å². The molecule has 0 aliphatic heterocycles. The van der Waals surface area contributed by atoms with Gasteiger partial charge >= 0.3 is 0 Å². The Kier molecular flexibility index (Phi) is 8.29. The van der Waals surface area contributed by atoms with Crippen molar-refractivity contribution >= 4 is 10.9 Å². The first kappa shape index (κ1) is 24.6. The SMILES string of the molecule is Cc1cccc(C(CCCC2CCC(N)CC2)c2cn(CC3CCCCCC3)c3ccccc23)c1. The highest BCUT2D eigenvalue weighted by molar-refractivity contribution is 5.85. The lowest BCUT2D eigenvalue weighted by atomic mass is 9.81. The van der Waals surface area contributed by atoms with E-state index in [1.165, 1.54) is 112 Å². The Morgan fingerprint density at radius 1 is 0.857 bits per heavy atom. The van der Waals surface area contributed by atoms with E-state index in [4.69, 9.17) is 5.73 Å². The van der Waals surface area contributed by atoms with E-state index in [0.29, 0.717) is 12.0 Å². The predicted molar refractivity (Wildman–Crippen MR) is 150 cm³/mol. The number of para-hydroxylation sites is 1. The Labute approximate surface area is 213 Å². The maximum Gasteiger partial charge on any atom is 0.0483 e. The minimum Gasteiger partial charge on any atom is -0.347 e. The largest absolute Gasteiger partial charge is 0.347 e. The Morgan fingerprint density at radius 2 is 1.63 bits per heavy atom. The monoisotopic (exact) mass is 470 g/mol. The van der Waals surface area contributed by atoms with E-state index >= 15 is 0 Å². The zero-order valence-electron chi connectivity index (χ0n) is 21.9. The van der Waals surface area contributed by atoms with E-state index in [0.717, 1.165) is 11.8 Å². The van der Waals surface area contributed by atoms with Crippen LogP contribution in [0.5, 0.6) is 0 Å². The highest BCUT2D eigenvalue weighted by Gasteiger charge is 2.23. The van der Waals surface area contributed by atoms with Gasteiger partial charge < -0.3 is 10.3 Å². The maximum absolute atomic E-state index is 6.17. The number of fused-ring (bicyclic) bond motifs is 1. The average Bonchev–Trinajstić information content (AvgIpc) is 3.03. The minimum atomic E-state index is 0.450. The van der Waals surface area contributed by atoms with Gasteiger partial charge in [0.15, 0.2) is 0 Å². The molecule has 2 nitrogen and oxygen atoms in total. The van der Waals surface area contributed by atoms with Crippen molar-refractivity contribution in [1.29, 1.82) is 0 Å². The molecule has 2 N–H and O–H groups in total. The van der Waals surface area contributed by atoms with Gasteiger partial charge in [-0.15, -0.1) is 0 Å². The first-order valence-electron chi connectivity index (χ1n) is 14.6. The van der Waals surface area contributed by atoms with Crippen LogP contribution in [-0.4, -0.2) is 10.6 Å². The van der Waals surface area contributed by atoms with Gasteiger partial charge in [-0.3, -0.25) is 0 Å². The molecular formula is C33H46N2.